The van der Waals surface area contributed by atoms with Gasteiger partial charge >= 0.3 is 6.16 Å². The summed E-state index contributed by atoms with van der Waals surface area (Å²) in [5, 5.41) is 18.4. The lowest BCUT2D eigenvalue weighted by Gasteiger charge is -2.09. The zero-order valence-electron chi connectivity index (χ0n) is 8.86. The second-order valence-corrected chi connectivity index (χ2v) is 4.21. The third-order valence-corrected chi connectivity index (χ3v) is 2.78. The van der Waals surface area contributed by atoms with E-state index in [9.17, 15) is 9.90 Å². The molecule has 0 bridgehead atoms. The summed E-state index contributed by atoms with van der Waals surface area (Å²) in [6.45, 7) is 2.05. The van der Waals surface area contributed by atoms with E-state index in [2.05, 4.69) is 20.7 Å². The van der Waals surface area contributed by atoms with Crippen LogP contribution in [-0.2, 0) is 6.42 Å². The molecule has 88 valence electrons. The Bertz CT molecular complexity index is 390. The van der Waals surface area contributed by atoms with Crippen molar-refractivity contribution in [3.8, 4) is 11.5 Å². The van der Waals surface area contributed by atoms with E-state index >= 15 is 0 Å². The zero-order valence-corrected chi connectivity index (χ0v) is 10.5. The summed E-state index contributed by atoms with van der Waals surface area (Å²) in [5.74, 6) is -0.147. The molecule has 0 unspecified atom stereocenters. The number of rotatable bonds is 4. The van der Waals surface area contributed by atoms with Crippen LogP contribution in [0.2, 0.25) is 0 Å². The molecule has 0 aliphatic heterocycles. The van der Waals surface area contributed by atoms with Gasteiger partial charge in [0.05, 0.1) is 4.47 Å². The summed E-state index contributed by atoms with van der Waals surface area (Å²) < 4.78 is 4.94. The Hall–Kier alpha value is -1.23. The van der Waals surface area contributed by atoms with Gasteiger partial charge in [-0.1, -0.05) is 19.4 Å². The fraction of sp³-hybridized carbons (Fsp3) is 0.364. The predicted molar refractivity (Wildman–Crippen MR) is 63.1 cm³/mol. The molecule has 0 fully saturated rings. The van der Waals surface area contributed by atoms with Crippen molar-refractivity contribution >= 4 is 22.1 Å². The minimum absolute atomic E-state index is 0.0406. The van der Waals surface area contributed by atoms with Gasteiger partial charge in [0.1, 0.15) is 0 Å². The fourth-order valence-electron chi connectivity index (χ4n) is 1.34. The number of ether oxygens (including phenoxy) is 1. The predicted octanol–water partition coefficient (Wildman–Crippen LogP) is 3.55. The Morgan fingerprint density at radius 2 is 2.19 bits per heavy atom. The average molecular weight is 289 g/mol. The highest BCUT2D eigenvalue weighted by molar-refractivity contribution is 9.10. The van der Waals surface area contributed by atoms with E-state index in [0.29, 0.717) is 16.5 Å². The molecule has 1 aromatic rings. The fourth-order valence-corrected chi connectivity index (χ4v) is 1.74. The summed E-state index contributed by atoms with van der Waals surface area (Å²) in [6.07, 6.45) is 1.20. The highest BCUT2D eigenvalue weighted by atomic mass is 79.9. The quantitative estimate of drug-likeness (QED) is 0.657. The first kappa shape index (κ1) is 12.8. The smallest absolute Gasteiger partial charge is 0.504 e. The number of aryl methyl sites for hydroxylation is 1. The van der Waals surface area contributed by atoms with Gasteiger partial charge in [-0.25, -0.2) is 4.79 Å². The molecule has 5 heteroatoms. The van der Waals surface area contributed by atoms with Crippen molar-refractivity contribution in [2.24, 2.45) is 0 Å². The van der Waals surface area contributed by atoms with Crippen LogP contribution in [0.25, 0.3) is 0 Å². The maximum atomic E-state index is 10.4. The summed E-state index contributed by atoms with van der Waals surface area (Å²) in [7, 11) is 0. The first-order chi connectivity index (χ1) is 7.56. The van der Waals surface area contributed by atoms with E-state index in [1.165, 1.54) is 0 Å². The van der Waals surface area contributed by atoms with Crippen LogP contribution in [0.3, 0.4) is 0 Å². The van der Waals surface area contributed by atoms with Gasteiger partial charge in [0.25, 0.3) is 0 Å². The zero-order chi connectivity index (χ0) is 12.1. The molecule has 0 heterocycles. The number of benzene rings is 1. The van der Waals surface area contributed by atoms with E-state index in [-0.39, 0.29) is 11.5 Å². The number of phenols is 1. The van der Waals surface area contributed by atoms with Crippen molar-refractivity contribution in [3.05, 3.63) is 22.2 Å². The molecule has 0 atom stereocenters. The topological polar surface area (TPSA) is 66.8 Å². The molecule has 0 saturated heterocycles. The lowest BCUT2D eigenvalue weighted by Crippen LogP contribution is -2.04. The number of unbranched alkanes of at least 4 members (excludes halogenated alkanes) is 1. The Labute approximate surface area is 102 Å². The molecule has 1 aromatic carbocycles. The lowest BCUT2D eigenvalue weighted by molar-refractivity contribution is 0.142. The van der Waals surface area contributed by atoms with Gasteiger partial charge in [-0.05, 0) is 40.4 Å². The molecule has 1 rings (SSSR count). The number of hydrogen-bond acceptors (Lipinski definition) is 3. The van der Waals surface area contributed by atoms with Crippen molar-refractivity contribution in [2.45, 2.75) is 26.2 Å². The van der Waals surface area contributed by atoms with Crippen LogP contribution in [0.15, 0.2) is 16.6 Å². The minimum atomic E-state index is -1.44. The van der Waals surface area contributed by atoms with Crippen molar-refractivity contribution < 1.29 is 19.7 Å². The van der Waals surface area contributed by atoms with Gasteiger partial charge in [0.15, 0.2) is 11.5 Å². The average Bonchev–Trinajstić information content (AvgIpc) is 2.23. The lowest BCUT2D eigenvalue weighted by atomic mass is 10.1. The molecule has 0 aromatic heterocycles. The van der Waals surface area contributed by atoms with E-state index in [1.807, 2.05) is 6.92 Å². The molecule has 0 spiro atoms. The summed E-state index contributed by atoms with van der Waals surface area (Å²) >= 11 is 3.13. The summed E-state index contributed by atoms with van der Waals surface area (Å²) in [5.41, 5.74) is 0.696. The molecule has 0 aliphatic carbocycles. The van der Waals surface area contributed by atoms with Crippen molar-refractivity contribution in [2.75, 3.05) is 0 Å². The SMILES string of the molecule is CCCCc1ccc(Br)c(OC(=O)O)c1O. The molecule has 0 saturated carbocycles. The van der Waals surface area contributed by atoms with Gasteiger partial charge < -0.3 is 14.9 Å². The molecule has 0 amide bonds. The monoisotopic (exact) mass is 288 g/mol. The number of hydrogen-bond donors (Lipinski definition) is 2. The van der Waals surface area contributed by atoms with Crippen molar-refractivity contribution in [3.63, 3.8) is 0 Å². The first-order valence-electron chi connectivity index (χ1n) is 4.97. The van der Waals surface area contributed by atoms with Crippen LogP contribution < -0.4 is 4.74 Å². The maximum Gasteiger partial charge on any atom is 0.511 e. The molecule has 16 heavy (non-hydrogen) atoms. The minimum Gasteiger partial charge on any atom is -0.504 e. The van der Waals surface area contributed by atoms with Crippen LogP contribution in [-0.4, -0.2) is 16.4 Å². The van der Waals surface area contributed by atoms with Crippen LogP contribution in [0.5, 0.6) is 11.5 Å². The highest BCUT2D eigenvalue weighted by Gasteiger charge is 2.15. The molecule has 4 nitrogen and oxygen atoms in total. The van der Waals surface area contributed by atoms with Crippen molar-refractivity contribution in [1.29, 1.82) is 0 Å². The number of carbonyl (C=O) groups is 1. The Morgan fingerprint density at radius 3 is 2.75 bits per heavy atom. The van der Waals surface area contributed by atoms with Gasteiger partial charge in [-0.2, -0.15) is 0 Å². The largest absolute Gasteiger partial charge is 0.511 e. The highest BCUT2D eigenvalue weighted by Crippen LogP contribution is 2.38. The molecule has 0 radical (unpaired) electrons. The summed E-state index contributed by atoms with van der Waals surface area (Å²) in [4.78, 5) is 10.4. The third-order valence-electron chi connectivity index (χ3n) is 2.16. The second kappa shape index (κ2) is 5.75. The molecule has 0 aliphatic rings. The van der Waals surface area contributed by atoms with Crippen LogP contribution in [0.1, 0.15) is 25.3 Å². The van der Waals surface area contributed by atoms with E-state index in [0.717, 1.165) is 12.8 Å². The normalized spacial score (nSPS) is 10.1. The Balaban J connectivity index is 3.01. The standard InChI is InChI=1S/C11H13BrO4/c1-2-3-4-7-5-6-8(12)10(9(7)13)16-11(14)15/h5-6,13H,2-4H2,1H3,(H,14,15). The van der Waals surface area contributed by atoms with Gasteiger partial charge in [0, 0.05) is 0 Å². The molecular weight excluding hydrogens is 276 g/mol. The van der Waals surface area contributed by atoms with Gasteiger partial charge in [-0.15, -0.1) is 0 Å². The Morgan fingerprint density at radius 1 is 1.50 bits per heavy atom. The number of aromatic hydroxyl groups is 1. The first-order valence-corrected chi connectivity index (χ1v) is 5.76. The second-order valence-electron chi connectivity index (χ2n) is 3.36. The number of phenolic OH excluding ortho intramolecular Hbond substituents is 1. The summed E-state index contributed by atoms with van der Waals surface area (Å²) in [6, 6.07) is 3.42. The van der Waals surface area contributed by atoms with E-state index in [1.54, 1.807) is 12.1 Å². The third kappa shape index (κ3) is 3.13. The molecular formula is C11H13BrO4. The van der Waals surface area contributed by atoms with E-state index < -0.39 is 6.16 Å². The van der Waals surface area contributed by atoms with Crippen LogP contribution in [0, 0.1) is 0 Å². The van der Waals surface area contributed by atoms with E-state index in [4.69, 9.17) is 5.11 Å². The maximum absolute atomic E-state index is 10.4. The Kier molecular flexibility index (Phi) is 4.61. The van der Waals surface area contributed by atoms with Gasteiger partial charge in [-0.3, -0.25) is 0 Å². The van der Waals surface area contributed by atoms with Crippen LogP contribution in [0.4, 0.5) is 4.79 Å². The molecule has 2 N–H and O–H groups in total. The van der Waals surface area contributed by atoms with Gasteiger partial charge in [0.2, 0.25) is 0 Å². The number of halogens is 1. The number of carboxylic acid groups (broad SMARTS) is 1. The van der Waals surface area contributed by atoms with Crippen LogP contribution >= 0.6 is 15.9 Å². The van der Waals surface area contributed by atoms with Crippen molar-refractivity contribution in [1.82, 2.24) is 0 Å².